The van der Waals surface area contributed by atoms with E-state index in [1.54, 1.807) is 18.2 Å². The zero-order chi connectivity index (χ0) is 14.5. The van der Waals surface area contributed by atoms with Crippen molar-refractivity contribution in [3.05, 3.63) is 35.8 Å². The largest absolute Gasteiger partial charge is 0.455 e. The topological polar surface area (TPSA) is 51.8 Å². The average Bonchev–Trinajstić information content (AvgIpc) is 3.11. The third kappa shape index (κ3) is 2.08. The molecule has 4 nitrogen and oxygen atoms in total. The van der Waals surface area contributed by atoms with Crippen molar-refractivity contribution in [1.29, 1.82) is 0 Å². The highest BCUT2D eigenvalue weighted by Crippen LogP contribution is 2.46. The standard InChI is InChI=1S/C16H17FO4/c17-12-3-1-2-11-10-13(21-14(11)12)15(18)4-6-16(7-5-15)19-8-9-20-16/h1-3,10,18H,4-9H2. The van der Waals surface area contributed by atoms with Crippen molar-refractivity contribution in [2.24, 2.45) is 0 Å². The summed E-state index contributed by atoms with van der Waals surface area (Å²) in [6, 6.07) is 6.50. The second-order valence-electron chi connectivity index (χ2n) is 5.91. The van der Waals surface area contributed by atoms with E-state index in [4.69, 9.17) is 13.9 Å². The van der Waals surface area contributed by atoms with Crippen LogP contribution < -0.4 is 0 Å². The molecule has 112 valence electrons. The first-order chi connectivity index (χ1) is 10.1. The molecule has 1 spiro atoms. The summed E-state index contributed by atoms with van der Waals surface area (Å²) in [7, 11) is 0. The van der Waals surface area contributed by atoms with Crippen LogP contribution in [0.3, 0.4) is 0 Å². The molecule has 1 saturated carbocycles. The van der Waals surface area contributed by atoms with Crippen molar-refractivity contribution >= 4 is 11.0 Å². The number of ether oxygens (including phenoxy) is 2. The van der Waals surface area contributed by atoms with Crippen molar-refractivity contribution in [3.63, 3.8) is 0 Å². The van der Waals surface area contributed by atoms with E-state index in [0.717, 1.165) is 0 Å². The SMILES string of the molecule is OC1(c2cc3cccc(F)c3o2)CCC2(CC1)OCCO2. The molecule has 1 aromatic carbocycles. The van der Waals surface area contributed by atoms with E-state index in [-0.39, 0.29) is 5.58 Å². The first kappa shape index (κ1) is 13.2. The summed E-state index contributed by atoms with van der Waals surface area (Å²) in [6.45, 7) is 1.21. The van der Waals surface area contributed by atoms with Crippen LogP contribution in [0.15, 0.2) is 28.7 Å². The van der Waals surface area contributed by atoms with E-state index in [9.17, 15) is 9.50 Å². The van der Waals surface area contributed by atoms with E-state index >= 15 is 0 Å². The molecule has 0 bridgehead atoms. The third-order valence-corrected chi connectivity index (χ3v) is 4.61. The molecule has 0 amide bonds. The second kappa shape index (κ2) is 4.53. The first-order valence-electron chi connectivity index (χ1n) is 7.29. The molecule has 1 saturated heterocycles. The molecule has 1 aliphatic heterocycles. The van der Waals surface area contributed by atoms with E-state index in [1.807, 2.05) is 0 Å². The Morgan fingerprint density at radius 2 is 1.76 bits per heavy atom. The summed E-state index contributed by atoms with van der Waals surface area (Å²) in [5.41, 5.74) is -0.874. The van der Waals surface area contributed by atoms with Gasteiger partial charge in [-0.25, -0.2) is 4.39 Å². The Morgan fingerprint density at radius 3 is 2.43 bits per heavy atom. The molecule has 1 N–H and O–H groups in total. The average molecular weight is 292 g/mol. The van der Waals surface area contributed by atoms with E-state index in [1.165, 1.54) is 6.07 Å². The molecule has 4 rings (SSSR count). The van der Waals surface area contributed by atoms with Gasteiger partial charge in [0.2, 0.25) is 0 Å². The van der Waals surface area contributed by atoms with Crippen molar-refractivity contribution in [3.8, 4) is 0 Å². The number of aliphatic hydroxyl groups is 1. The molecule has 21 heavy (non-hydrogen) atoms. The maximum atomic E-state index is 13.7. The lowest BCUT2D eigenvalue weighted by molar-refractivity contribution is -0.206. The summed E-state index contributed by atoms with van der Waals surface area (Å²) in [6.07, 6.45) is 2.19. The Morgan fingerprint density at radius 1 is 1.05 bits per heavy atom. The number of hydrogen-bond acceptors (Lipinski definition) is 4. The summed E-state index contributed by atoms with van der Waals surface area (Å²) in [5, 5.41) is 11.5. The fourth-order valence-electron chi connectivity index (χ4n) is 3.33. The molecular weight excluding hydrogens is 275 g/mol. The Bertz CT molecular complexity index is 662. The number of rotatable bonds is 1. The summed E-state index contributed by atoms with van der Waals surface area (Å²) >= 11 is 0. The van der Waals surface area contributed by atoms with Crippen LogP contribution in [0, 0.1) is 5.82 Å². The second-order valence-corrected chi connectivity index (χ2v) is 5.91. The normalized spacial score (nSPS) is 23.9. The summed E-state index contributed by atoms with van der Waals surface area (Å²) < 4.78 is 30.6. The molecule has 0 unspecified atom stereocenters. The minimum absolute atomic E-state index is 0.203. The Balaban J connectivity index is 1.64. The van der Waals surface area contributed by atoms with Crippen LogP contribution in [-0.4, -0.2) is 24.1 Å². The maximum Gasteiger partial charge on any atom is 0.170 e. The minimum Gasteiger partial charge on any atom is -0.455 e. The molecule has 2 fully saturated rings. The number of hydrogen-bond donors (Lipinski definition) is 1. The van der Waals surface area contributed by atoms with Crippen LogP contribution in [0.25, 0.3) is 11.0 Å². The number of halogens is 1. The minimum atomic E-state index is -1.08. The lowest BCUT2D eigenvalue weighted by Crippen LogP contribution is -2.41. The number of para-hydroxylation sites is 1. The van der Waals surface area contributed by atoms with Gasteiger partial charge in [0.1, 0.15) is 11.4 Å². The van der Waals surface area contributed by atoms with Crippen LogP contribution in [-0.2, 0) is 15.1 Å². The van der Waals surface area contributed by atoms with Crippen LogP contribution >= 0.6 is 0 Å². The molecule has 2 heterocycles. The molecule has 0 radical (unpaired) electrons. The molecule has 0 atom stereocenters. The number of benzene rings is 1. The van der Waals surface area contributed by atoms with Gasteiger partial charge in [0.05, 0.1) is 13.2 Å². The monoisotopic (exact) mass is 292 g/mol. The quantitative estimate of drug-likeness (QED) is 0.877. The molecule has 2 aromatic rings. The molecular formula is C16H17FO4. The summed E-state index contributed by atoms with van der Waals surface area (Å²) in [5.74, 6) is -0.517. The lowest BCUT2D eigenvalue weighted by atomic mass is 9.80. The smallest absolute Gasteiger partial charge is 0.170 e. The maximum absolute atomic E-state index is 13.7. The lowest BCUT2D eigenvalue weighted by Gasteiger charge is -2.39. The highest BCUT2D eigenvalue weighted by Gasteiger charge is 2.47. The van der Waals surface area contributed by atoms with Crippen molar-refractivity contribution in [2.45, 2.75) is 37.1 Å². The Hall–Kier alpha value is -1.43. The van der Waals surface area contributed by atoms with Gasteiger partial charge in [-0.1, -0.05) is 12.1 Å². The van der Waals surface area contributed by atoms with Gasteiger partial charge in [-0.2, -0.15) is 0 Å². The van der Waals surface area contributed by atoms with E-state index < -0.39 is 17.2 Å². The fourth-order valence-corrected chi connectivity index (χ4v) is 3.33. The molecule has 1 aromatic heterocycles. The van der Waals surface area contributed by atoms with Crippen molar-refractivity contribution in [1.82, 2.24) is 0 Å². The zero-order valence-electron chi connectivity index (χ0n) is 11.6. The highest BCUT2D eigenvalue weighted by molar-refractivity contribution is 5.78. The number of furan rings is 1. The van der Waals surface area contributed by atoms with Crippen molar-refractivity contribution < 1.29 is 23.4 Å². The molecule has 2 aliphatic rings. The fraction of sp³-hybridized carbons (Fsp3) is 0.500. The van der Waals surface area contributed by atoms with Gasteiger partial charge in [0.25, 0.3) is 0 Å². The van der Waals surface area contributed by atoms with E-state index in [2.05, 4.69) is 0 Å². The molecule has 1 aliphatic carbocycles. The predicted octanol–water partition coefficient (Wildman–Crippen LogP) is 3.08. The van der Waals surface area contributed by atoms with Gasteiger partial charge < -0.3 is 19.0 Å². The highest BCUT2D eigenvalue weighted by atomic mass is 19.1. The first-order valence-corrected chi connectivity index (χ1v) is 7.29. The zero-order valence-corrected chi connectivity index (χ0v) is 11.6. The van der Waals surface area contributed by atoms with Gasteiger partial charge in [-0.3, -0.25) is 0 Å². The van der Waals surface area contributed by atoms with Gasteiger partial charge in [0, 0.05) is 18.2 Å². The van der Waals surface area contributed by atoms with Gasteiger partial charge in [-0.05, 0) is 25.0 Å². The van der Waals surface area contributed by atoms with Crippen LogP contribution in [0.5, 0.6) is 0 Å². The molecule has 5 heteroatoms. The van der Waals surface area contributed by atoms with Crippen LogP contribution in [0.1, 0.15) is 31.4 Å². The van der Waals surface area contributed by atoms with Crippen LogP contribution in [0.4, 0.5) is 4.39 Å². The third-order valence-electron chi connectivity index (χ3n) is 4.61. The van der Waals surface area contributed by atoms with Crippen LogP contribution in [0.2, 0.25) is 0 Å². The van der Waals surface area contributed by atoms with E-state index in [0.29, 0.717) is 50.0 Å². The van der Waals surface area contributed by atoms with Crippen molar-refractivity contribution in [2.75, 3.05) is 13.2 Å². The Labute approximate surface area is 121 Å². The predicted molar refractivity (Wildman–Crippen MR) is 73.2 cm³/mol. The van der Waals surface area contributed by atoms with Gasteiger partial charge >= 0.3 is 0 Å². The Kier molecular flexibility index (Phi) is 2.86. The van der Waals surface area contributed by atoms with Gasteiger partial charge in [-0.15, -0.1) is 0 Å². The summed E-state index contributed by atoms with van der Waals surface area (Å²) in [4.78, 5) is 0. The van der Waals surface area contributed by atoms with Gasteiger partial charge in [0.15, 0.2) is 17.2 Å². The number of fused-ring (bicyclic) bond motifs is 1.